The number of piperazine rings is 1. The van der Waals surface area contributed by atoms with E-state index in [1.54, 1.807) is 12.1 Å². The molecule has 1 aliphatic heterocycles. The van der Waals surface area contributed by atoms with Gasteiger partial charge >= 0.3 is 0 Å². The number of nitrogens with one attached hydrogen (secondary N) is 1. The minimum Gasteiger partial charge on any atom is -0.484 e. The van der Waals surface area contributed by atoms with Gasteiger partial charge in [0.15, 0.2) is 6.61 Å². The Morgan fingerprint density at radius 1 is 1.11 bits per heavy atom. The summed E-state index contributed by atoms with van der Waals surface area (Å²) >= 11 is 0. The number of nitriles is 1. The SMILES string of the molecule is CN1CCN(c2ccccc2NC(=O)COc2ccc(CC#N)cc2)CC1. The fraction of sp³-hybridized carbons (Fsp3) is 0.333. The summed E-state index contributed by atoms with van der Waals surface area (Å²) < 4.78 is 5.56. The molecule has 0 spiro atoms. The van der Waals surface area contributed by atoms with Crippen LogP contribution in [0.1, 0.15) is 5.56 Å². The van der Waals surface area contributed by atoms with Crippen molar-refractivity contribution in [1.82, 2.24) is 4.90 Å². The van der Waals surface area contributed by atoms with Gasteiger partial charge in [0.05, 0.1) is 23.9 Å². The molecule has 6 heteroatoms. The largest absolute Gasteiger partial charge is 0.484 e. The van der Waals surface area contributed by atoms with Crippen molar-refractivity contribution in [3.63, 3.8) is 0 Å². The van der Waals surface area contributed by atoms with E-state index < -0.39 is 0 Å². The molecule has 6 nitrogen and oxygen atoms in total. The molecule has 0 aromatic heterocycles. The lowest BCUT2D eigenvalue weighted by Crippen LogP contribution is -2.44. The quantitative estimate of drug-likeness (QED) is 0.853. The van der Waals surface area contributed by atoms with E-state index in [0.717, 1.165) is 43.1 Å². The van der Waals surface area contributed by atoms with Crippen LogP contribution >= 0.6 is 0 Å². The average molecular weight is 364 g/mol. The number of rotatable bonds is 6. The van der Waals surface area contributed by atoms with E-state index in [1.165, 1.54) is 0 Å². The molecule has 1 fully saturated rings. The zero-order valence-electron chi connectivity index (χ0n) is 15.5. The number of anilines is 2. The average Bonchev–Trinajstić information content (AvgIpc) is 2.69. The van der Waals surface area contributed by atoms with Crippen molar-refractivity contribution in [2.45, 2.75) is 6.42 Å². The van der Waals surface area contributed by atoms with E-state index in [2.05, 4.69) is 28.2 Å². The van der Waals surface area contributed by atoms with Gasteiger partial charge in [-0.1, -0.05) is 24.3 Å². The van der Waals surface area contributed by atoms with Crippen LogP contribution in [0.2, 0.25) is 0 Å². The van der Waals surface area contributed by atoms with Gasteiger partial charge in [-0.15, -0.1) is 0 Å². The molecule has 0 unspecified atom stereocenters. The molecule has 3 rings (SSSR count). The van der Waals surface area contributed by atoms with Crippen LogP contribution in [0, 0.1) is 11.3 Å². The van der Waals surface area contributed by atoms with E-state index >= 15 is 0 Å². The third-order valence-electron chi connectivity index (χ3n) is 4.60. The topological polar surface area (TPSA) is 68.6 Å². The van der Waals surface area contributed by atoms with Crippen LogP contribution in [0.5, 0.6) is 5.75 Å². The van der Waals surface area contributed by atoms with Gasteiger partial charge in [-0.25, -0.2) is 0 Å². The number of carbonyl (C=O) groups excluding carboxylic acids is 1. The predicted molar refractivity (Wildman–Crippen MR) is 106 cm³/mol. The van der Waals surface area contributed by atoms with Crippen molar-refractivity contribution in [2.75, 3.05) is 50.1 Å². The zero-order chi connectivity index (χ0) is 19.1. The number of ether oxygens (including phenoxy) is 1. The summed E-state index contributed by atoms with van der Waals surface area (Å²) in [4.78, 5) is 16.9. The minimum absolute atomic E-state index is 0.0608. The minimum atomic E-state index is -0.197. The molecule has 0 bridgehead atoms. The van der Waals surface area contributed by atoms with E-state index in [0.29, 0.717) is 12.2 Å². The molecule has 0 aliphatic carbocycles. The molecule has 0 radical (unpaired) electrons. The molecule has 1 N–H and O–H groups in total. The maximum atomic E-state index is 12.3. The molecule has 1 heterocycles. The molecule has 0 atom stereocenters. The summed E-state index contributed by atoms with van der Waals surface area (Å²) in [5.74, 6) is 0.414. The molecule has 1 amide bonds. The van der Waals surface area contributed by atoms with Crippen molar-refractivity contribution in [3.8, 4) is 11.8 Å². The second kappa shape index (κ2) is 9.06. The zero-order valence-corrected chi connectivity index (χ0v) is 15.5. The second-order valence-electron chi connectivity index (χ2n) is 6.62. The third kappa shape index (κ3) is 5.22. The lowest BCUT2D eigenvalue weighted by Gasteiger charge is -2.35. The highest BCUT2D eigenvalue weighted by atomic mass is 16.5. The maximum absolute atomic E-state index is 12.3. The Hall–Kier alpha value is -3.04. The van der Waals surface area contributed by atoms with Crippen LogP contribution in [0.25, 0.3) is 0 Å². The van der Waals surface area contributed by atoms with Crippen molar-refractivity contribution in [1.29, 1.82) is 5.26 Å². The fourth-order valence-electron chi connectivity index (χ4n) is 3.03. The fourth-order valence-corrected chi connectivity index (χ4v) is 3.03. The highest BCUT2D eigenvalue weighted by molar-refractivity contribution is 5.95. The summed E-state index contributed by atoms with van der Waals surface area (Å²) in [5, 5.41) is 11.7. The van der Waals surface area contributed by atoms with Crippen LogP contribution in [0.15, 0.2) is 48.5 Å². The summed E-state index contributed by atoms with van der Waals surface area (Å²) in [6.07, 6.45) is 0.365. The van der Waals surface area contributed by atoms with Crippen molar-refractivity contribution >= 4 is 17.3 Å². The molecule has 1 aliphatic rings. The molecular formula is C21H24N4O2. The molecule has 2 aromatic rings. The van der Waals surface area contributed by atoms with E-state index in [4.69, 9.17) is 10.00 Å². The monoisotopic (exact) mass is 364 g/mol. The number of likely N-dealkylation sites (N-methyl/N-ethyl adjacent to an activating group) is 1. The highest BCUT2D eigenvalue weighted by Crippen LogP contribution is 2.26. The van der Waals surface area contributed by atoms with Gasteiger partial charge in [0.2, 0.25) is 0 Å². The van der Waals surface area contributed by atoms with Gasteiger partial charge in [0.25, 0.3) is 5.91 Å². The lowest BCUT2D eigenvalue weighted by atomic mass is 10.2. The number of benzene rings is 2. The van der Waals surface area contributed by atoms with E-state index in [9.17, 15) is 4.79 Å². The Morgan fingerprint density at radius 3 is 2.52 bits per heavy atom. The van der Waals surface area contributed by atoms with Crippen LogP contribution < -0.4 is 15.0 Å². The maximum Gasteiger partial charge on any atom is 0.262 e. The van der Waals surface area contributed by atoms with Crippen LogP contribution in [-0.2, 0) is 11.2 Å². The van der Waals surface area contributed by atoms with Gasteiger partial charge in [0, 0.05) is 26.2 Å². The number of carbonyl (C=O) groups is 1. The third-order valence-corrected chi connectivity index (χ3v) is 4.60. The van der Waals surface area contributed by atoms with Gasteiger partial charge in [-0.05, 0) is 36.9 Å². The summed E-state index contributed by atoms with van der Waals surface area (Å²) in [5.41, 5.74) is 2.77. The molecule has 27 heavy (non-hydrogen) atoms. The number of amides is 1. The smallest absolute Gasteiger partial charge is 0.262 e. The standard InChI is InChI=1S/C21H24N4O2/c1-24-12-14-25(15-13-24)20-5-3-2-4-19(20)23-21(26)16-27-18-8-6-17(7-9-18)10-11-22/h2-9H,10,12-16H2,1H3,(H,23,26). The van der Waals surface area contributed by atoms with Crippen LogP contribution in [-0.4, -0.2) is 50.6 Å². The van der Waals surface area contributed by atoms with Gasteiger partial charge < -0.3 is 19.9 Å². The first-order valence-corrected chi connectivity index (χ1v) is 9.07. The first-order valence-electron chi connectivity index (χ1n) is 9.07. The summed E-state index contributed by atoms with van der Waals surface area (Å²) in [6.45, 7) is 3.83. The number of hydrogen-bond acceptors (Lipinski definition) is 5. The molecular weight excluding hydrogens is 340 g/mol. The Kier molecular flexibility index (Phi) is 6.29. The van der Waals surface area contributed by atoms with E-state index in [1.807, 2.05) is 36.4 Å². The molecule has 140 valence electrons. The number of hydrogen-bond donors (Lipinski definition) is 1. The van der Waals surface area contributed by atoms with Crippen LogP contribution in [0.3, 0.4) is 0 Å². The first kappa shape index (κ1) is 18.7. The highest BCUT2D eigenvalue weighted by Gasteiger charge is 2.17. The first-order chi connectivity index (χ1) is 13.2. The van der Waals surface area contributed by atoms with Gasteiger partial charge in [-0.2, -0.15) is 5.26 Å². The Labute approximate surface area is 160 Å². The summed E-state index contributed by atoms with van der Waals surface area (Å²) in [6, 6.07) is 17.2. The van der Waals surface area contributed by atoms with Crippen molar-refractivity contribution in [2.24, 2.45) is 0 Å². The predicted octanol–water partition coefficient (Wildman–Crippen LogP) is 2.52. The Morgan fingerprint density at radius 2 is 1.81 bits per heavy atom. The molecule has 2 aromatic carbocycles. The molecule has 1 saturated heterocycles. The normalized spacial score (nSPS) is 14.4. The van der Waals surface area contributed by atoms with Crippen molar-refractivity contribution in [3.05, 3.63) is 54.1 Å². The lowest BCUT2D eigenvalue weighted by molar-refractivity contribution is -0.118. The number of para-hydroxylation sites is 2. The van der Waals surface area contributed by atoms with Gasteiger partial charge in [0.1, 0.15) is 5.75 Å². The summed E-state index contributed by atoms with van der Waals surface area (Å²) in [7, 11) is 2.12. The number of nitrogens with zero attached hydrogens (tertiary/aromatic N) is 3. The van der Waals surface area contributed by atoms with Gasteiger partial charge in [-0.3, -0.25) is 4.79 Å². The van der Waals surface area contributed by atoms with Crippen LogP contribution in [0.4, 0.5) is 11.4 Å². The molecule has 0 saturated carbocycles. The second-order valence-corrected chi connectivity index (χ2v) is 6.62. The Balaban J connectivity index is 1.57. The Bertz CT molecular complexity index is 806. The van der Waals surface area contributed by atoms with E-state index in [-0.39, 0.29) is 12.5 Å². The van der Waals surface area contributed by atoms with Crippen molar-refractivity contribution < 1.29 is 9.53 Å².